The van der Waals surface area contributed by atoms with Crippen LogP contribution in [-0.2, 0) is 27.2 Å². The van der Waals surface area contributed by atoms with Gasteiger partial charge in [-0.05, 0) is 48.6 Å². The maximum Gasteiger partial charge on any atom is 0.331 e. The van der Waals surface area contributed by atoms with E-state index < -0.39 is 24.4 Å². The molecule has 9 heteroatoms. The molecule has 29 heavy (non-hydrogen) atoms. The summed E-state index contributed by atoms with van der Waals surface area (Å²) < 4.78 is 15.5. The third-order valence-electron chi connectivity index (χ3n) is 4.57. The number of fused-ring (bicyclic) bond motifs is 2. The second-order valence-corrected chi connectivity index (χ2v) is 7.63. The van der Waals surface area contributed by atoms with Gasteiger partial charge in [-0.2, -0.15) is 0 Å². The SMILES string of the molecule is NC(=O)c1c(NC(=O)COC(=O)/C=C/c2ccc3c(c2)OCO3)sc2c1CCC2. The van der Waals surface area contributed by atoms with Crippen molar-refractivity contribution in [3.63, 3.8) is 0 Å². The van der Waals surface area contributed by atoms with Gasteiger partial charge in [-0.15, -0.1) is 11.3 Å². The molecule has 1 aliphatic carbocycles. The highest BCUT2D eigenvalue weighted by molar-refractivity contribution is 7.17. The topological polar surface area (TPSA) is 117 Å². The van der Waals surface area contributed by atoms with Crippen LogP contribution in [0.1, 0.15) is 32.8 Å². The van der Waals surface area contributed by atoms with E-state index in [0.717, 1.165) is 35.3 Å². The van der Waals surface area contributed by atoms with E-state index in [1.165, 1.54) is 17.4 Å². The standard InChI is InChI=1S/C20H18N2O6S/c21-19(25)18-12-2-1-3-15(12)29-20(18)22-16(23)9-26-17(24)7-5-11-4-6-13-14(8-11)28-10-27-13/h4-8H,1-3,9-10H2,(H2,21,25)(H,22,23)/b7-5+. The summed E-state index contributed by atoms with van der Waals surface area (Å²) in [5.41, 5.74) is 7.48. The lowest BCUT2D eigenvalue weighted by Gasteiger charge is -2.06. The predicted octanol–water partition coefficient (Wildman–Crippen LogP) is 2.26. The molecular formula is C20H18N2O6S. The zero-order valence-corrected chi connectivity index (χ0v) is 16.2. The zero-order chi connectivity index (χ0) is 20.4. The van der Waals surface area contributed by atoms with Crippen LogP contribution in [0.2, 0.25) is 0 Å². The summed E-state index contributed by atoms with van der Waals surface area (Å²) in [7, 11) is 0. The number of hydrogen-bond acceptors (Lipinski definition) is 7. The van der Waals surface area contributed by atoms with E-state index in [-0.39, 0.29) is 6.79 Å². The second kappa shape index (κ2) is 7.96. The first-order valence-corrected chi connectivity index (χ1v) is 9.81. The van der Waals surface area contributed by atoms with Gasteiger partial charge in [0.05, 0.1) is 5.56 Å². The Morgan fingerprint density at radius 2 is 2.03 bits per heavy atom. The smallest absolute Gasteiger partial charge is 0.331 e. The fraction of sp³-hybridized carbons (Fsp3) is 0.250. The number of rotatable bonds is 6. The molecule has 2 aromatic rings. The molecule has 3 N–H and O–H groups in total. The molecule has 0 saturated carbocycles. The molecule has 0 unspecified atom stereocenters. The first-order chi connectivity index (χ1) is 14.0. The van der Waals surface area contributed by atoms with Gasteiger partial charge >= 0.3 is 5.97 Å². The summed E-state index contributed by atoms with van der Waals surface area (Å²) in [6.45, 7) is -0.296. The molecule has 0 bridgehead atoms. The van der Waals surface area contributed by atoms with Crippen LogP contribution >= 0.6 is 11.3 Å². The van der Waals surface area contributed by atoms with Crippen LogP contribution in [0, 0.1) is 0 Å². The second-order valence-electron chi connectivity index (χ2n) is 6.53. The molecule has 0 atom stereocenters. The van der Waals surface area contributed by atoms with Crippen molar-refractivity contribution in [3.8, 4) is 11.5 Å². The number of benzene rings is 1. The molecule has 2 amide bonds. The summed E-state index contributed by atoms with van der Waals surface area (Å²) in [4.78, 5) is 36.8. The number of hydrogen-bond donors (Lipinski definition) is 2. The Kier molecular flexibility index (Phi) is 5.22. The Bertz CT molecular complexity index is 1030. The number of ether oxygens (including phenoxy) is 3. The van der Waals surface area contributed by atoms with E-state index in [9.17, 15) is 14.4 Å². The molecular weight excluding hydrogens is 396 g/mol. The Morgan fingerprint density at radius 1 is 1.21 bits per heavy atom. The number of thiophene rings is 1. The summed E-state index contributed by atoms with van der Waals surface area (Å²) in [5.74, 6) is -0.508. The number of carbonyl (C=O) groups excluding carboxylic acids is 3. The number of carbonyl (C=O) groups is 3. The molecule has 0 spiro atoms. The van der Waals surface area contributed by atoms with Gasteiger partial charge < -0.3 is 25.3 Å². The zero-order valence-electron chi connectivity index (χ0n) is 15.4. The number of esters is 1. The van der Waals surface area contributed by atoms with Crippen LogP contribution in [0.5, 0.6) is 11.5 Å². The van der Waals surface area contributed by atoms with Crippen molar-refractivity contribution in [2.45, 2.75) is 19.3 Å². The van der Waals surface area contributed by atoms with Crippen LogP contribution < -0.4 is 20.5 Å². The van der Waals surface area contributed by atoms with E-state index in [2.05, 4.69) is 5.32 Å². The molecule has 0 radical (unpaired) electrons. The van der Waals surface area contributed by atoms with Crippen molar-refractivity contribution in [1.82, 2.24) is 0 Å². The van der Waals surface area contributed by atoms with Crippen LogP contribution in [0.4, 0.5) is 5.00 Å². The van der Waals surface area contributed by atoms with Gasteiger partial charge in [0.15, 0.2) is 18.1 Å². The number of amides is 2. The highest BCUT2D eigenvalue weighted by Crippen LogP contribution is 2.38. The van der Waals surface area contributed by atoms with E-state index >= 15 is 0 Å². The number of anilines is 1. The maximum atomic E-state index is 12.1. The lowest BCUT2D eigenvalue weighted by Crippen LogP contribution is -2.22. The van der Waals surface area contributed by atoms with Crippen LogP contribution in [-0.4, -0.2) is 31.2 Å². The average molecular weight is 414 g/mol. The molecule has 4 rings (SSSR count). The third kappa shape index (κ3) is 4.09. The van der Waals surface area contributed by atoms with E-state index in [1.807, 2.05) is 0 Å². The number of nitrogens with two attached hydrogens (primary N) is 1. The Morgan fingerprint density at radius 3 is 2.86 bits per heavy atom. The molecule has 1 aromatic carbocycles. The van der Waals surface area contributed by atoms with Gasteiger partial charge in [0.2, 0.25) is 6.79 Å². The highest BCUT2D eigenvalue weighted by Gasteiger charge is 2.26. The summed E-state index contributed by atoms with van der Waals surface area (Å²) in [5, 5.41) is 3.04. The lowest BCUT2D eigenvalue weighted by atomic mass is 10.1. The Hall–Kier alpha value is -3.33. The molecule has 1 aromatic heterocycles. The van der Waals surface area contributed by atoms with Crippen molar-refractivity contribution in [2.75, 3.05) is 18.7 Å². The lowest BCUT2D eigenvalue weighted by molar-refractivity contribution is -0.142. The molecule has 1 aliphatic heterocycles. The summed E-state index contributed by atoms with van der Waals surface area (Å²) >= 11 is 1.35. The molecule has 0 fully saturated rings. The van der Waals surface area contributed by atoms with Crippen molar-refractivity contribution < 1.29 is 28.6 Å². The van der Waals surface area contributed by atoms with Crippen LogP contribution in [0.25, 0.3) is 6.08 Å². The summed E-state index contributed by atoms with van der Waals surface area (Å²) in [6.07, 6.45) is 5.40. The third-order valence-corrected chi connectivity index (χ3v) is 5.78. The van der Waals surface area contributed by atoms with Crippen molar-refractivity contribution in [1.29, 1.82) is 0 Å². The monoisotopic (exact) mass is 414 g/mol. The fourth-order valence-electron chi connectivity index (χ4n) is 3.28. The average Bonchev–Trinajstić information content (AvgIpc) is 3.39. The minimum atomic E-state index is -0.665. The van der Waals surface area contributed by atoms with Gasteiger partial charge in [-0.1, -0.05) is 6.07 Å². The molecule has 2 heterocycles. The number of primary amides is 1. The highest BCUT2D eigenvalue weighted by atomic mass is 32.1. The van der Waals surface area contributed by atoms with Gasteiger partial charge in [0.1, 0.15) is 5.00 Å². The molecule has 0 saturated heterocycles. The van der Waals surface area contributed by atoms with Crippen LogP contribution in [0.3, 0.4) is 0 Å². The first kappa shape index (κ1) is 19.0. The van der Waals surface area contributed by atoms with Crippen LogP contribution in [0.15, 0.2) is 24.3 Å². The van der Waals surface area contributed by atoms with Gasteiger partial charge in [0.25, 0.3) is 11.8 Å². The van der Waals surface area contributed by atoms with E-state index in [4.69, 9.17) is 19.9 Å². The largest absolute Gasteiger partial charge is 0.454 e. The fourth-order valence-corrected chi connectivity index (χ4v) is 4.59. The summed E-state index contributed by atoms with van der Waals surface area (Å²) in [6, 6.07) is 5.25. The Labute approximate surface area is 170 Å². The minimum Gasteiger partial charge on any atom is -0.454 e. The Balaban J connectivity index is 1.32. The van der Waals surface area contributed by atoms with Crippen molar-refractivity contribution in [3.05, 3.63) is 45.8 Å². The maximum absolute atomic E-state index is 12.1. The number of nitrogens with one attached hydrogen (secondary N) is 1. The number of aryl methyl sites for hydroxylation is 1. The van der Waals surface area contributed by atoms with Crippen molar-refractivity contribution in [2.24, 2.45) is 5.73 Å². The van der Waals surface area contributed by atoms with E-state index in [0.29, 0.717) is 22.1 Å². The van der Waals surface area contributed by atoms with Gasteiger partial charge in [0, 0.05) is 11.0 Å². The van der Waals surface area contributed by atoms with E-state index in [1.54, 1.807) is 24.3 Å². The normalized spacial score (nSPS) is 14.1. The van der Waals surface area contributed by atoms with Gasteiger partial charge in [-0.25, -0.2) is 4.79 Å². The predicted molar refractivity (Wildman–Crippen MR) is 106 cm³/mol. The van der Waals surface area contributed by atoms with Gasteiger partial charge in [-0.3, -0.25) is 9.59 Å². The first-order valence-electron chi connectivity index (χ1n) is 9.00. The minimum absolute atomic E-state index is 0.171. The quantitative estimate of drug-likeness (QED) is 0.553. The van der Waals surface area contributed by atoms with Crippen molar-refractivity contribution >= 4 is 40.2 Å². The molecule has 2 aliphatic rings. The molecule has 150 valence electrons. The molecule has 8 nitrogen and oxygen atoms in total.